The Balaban J connectivity index is 2.25. The Morgan fingerprint density at radius 3 is 2.73 bits per heavy atom. The van der Waals surface area contributed by atoms with Crippen LogP contribution in [0.2, 0.25) is 0 Å². The van der Waals surface area contributed by atoms with Crippen molar-refractivity contribution in [3.63, 3.8) is 0 Å². The third-order valence-corrected chi connectivity index (χ3v) is 3.08. The van der Waals surface area contributed by atoms with E-state index in [2.05, 4.69) is 0 Å². The molecule has 0 radical (unpaired) electrons. The Labute approximate surface area is 88.7 Å². The van der Waals surface area contributed by atoms with E-state index in [4.69, 9.17) is 4.74 Å². The maximum atomic E-state index is 13.4. The minimum absolute atomic E-state index is 0.0883. The summed E-state index contributed by atoms with van der Waals surface area (Å²) in [4.78, 5) is 0. The van der Waals surface area contributed by atoms with Gasteiger partial charge in [-0.1, -0.05) is 12.5 Å². The quantitative estimate of drug-likeness (QED) is 0.812. The molecule has 2 rings (SSSR count). The number of methoxy groups -OCH3 is 1. The molecule has 15 heavy (non-hydrogen) atoms. The third kappa shape index (κ3) is 1.97. The predicted octanol–water partition coefficient (Wildman–Crippen LogP) is 2.46. The second kappa shape index (κ2) is 4.19. The van der Waals surface area contributed by atoms with Crippen LogP contribution in [-0.4, -0.2) is 18.3 Å². The fraction of sp³-hybridized carbons (Fsp3) is 0.500. The van der Waals surface area contributed by atoms with Crippen molar-refractivity contribution in [3.05, 3.63) is 29.6 Å². The van der Waals surface area contributed by atoms with Crippen molar-refractivity contribution < 1.29 is 14.2 Å². The number of hydrogen-bond donors (Lipinski definition) is 1. The van der Waals surface area contributed by atoms with Crippen molar-refractivity contribution in [1.82, 2.24) is 0 Å². The van der Waals surface area contributed by atoms with Gasteiger partial charge in [-0.15, -0.1) is 0 Å². The highest BCUT2D eigenvalue weighted by Crippen LogP contribution is 2.35. The fourth-order valence-corrected chi connectivity index (χ4v) is 2.24. The zero-order valence-corrected chi connectivity index (χ0v) is 8.74. The lowest BCUT2D eigenvalue weighted by atomic mass is 9.95. The van der Waals surface area contributed by atoms with Gasteiger partial charge in [0, 0.05) is 5.92 Å². The standard InChI is InChI=1S/C12H15FO2/c1-15-12-6-5-8(7-10(12)13)9-3-2-4-11(9)14/h5-7,9,11,14H,2-4H2,1H3/t9-,11+/m1/s1. The van der Waals surface area contributed by atoms with Crippen molar-refractivity contribution >= 4 is 0 Å². The van der Waals surface area contributed by atoms with Gasteiger partial charge in [0.25, 0.3) is 0 Å². The first-order valence-electron chi connectivity index (χ1n) is 5.24. The van der Waals surface area contributed by atoms with Gasteiger partial charge in [0.2, 0.25) is 0 Å². The van der Waals surface area contributed by atoms with Crippen LogP contribution in [0.25, 0.3) is 0 Å². The molecule has 1 aromatic rings. The van der Waals surface area contributed by atoms with Crippen LogP contribution in [-0.2, 0) is 0 Å². The van der Waals surface area contributed by atoms with Gasteiger partial charge in [-0.05, 0) is 30.5 Å². The lowest BCUT2D eigenvalue weighted by Gasteiger charge is -2.15. The Bertz CT molecular complexity index is 351. The topological polar surface area (TPSA) is 29.5 Å². The van der Waals surface area contributed by atoms with E-state index in [0.717, 1.165) is 24.8 Å². The molecule has 1 N–H and O–H groups in total. The second-order valence-electron chi connectivity index (χ2n) is 4.00. The summed E-state index contributed by atoms with van der Waals surface area (Å²) in [6, 6.07) is 4.93. The van der Waals surface area contributed by atoms with Crippen molar-refractivity contribution in [3.8, 4) is 5.75 Å². The average molecular weight is 210 g/mol. The molecule has 0 aromatic heterocycles. The van der Waals surface area contributed by atoms with Gasteiger partial charge >= 0.3 is 0 Å². The molecular weight excluding hydrogens is 195 g/mol. The Kier molecular flexibility index (Phi) is 2.91. The zero-order valence-electron chi connectivity index (χ0n) is 8.74. The van der Waals surface area contributed by atoms with Crippen LogP contribution >= 0.6 is 0 Å². The summed E-state index contributed by atoms with van der Waals surface area (Å²) >= 11 is 0. The van der Waals surface area contributed by atoms with Crippen molar-refractivity contribution in [2.24, 2.45) is 0 Å². The zero-order chi connectivity index (χ0) is 10.8. The molecule has 0 aliphatic heterocycles. The summed E-state index contributed by atoms with van der Waals surface area (Å²) in [6.07, 6.45) is 2.45. The second-order valence-corrected chi connectivity index (χ2v) is 4.00. The molecule has 0 spiro atoms. The molecule has 1 aromatic carbocycles. The highest BCUT2D eigenvalue weighted by Gasteiger charge is 2.27. The highest BCUT2D eigenvalue weighted by molar-refractivity contribution is 5.32. The molecule has 0 bridgehead atoms. The van der Waals surface area contributed by atoms with E-state index in [1.807, 2.05) is 6.07 Å². The van der Waals surface area contributed by atoms with Crippen LogP contribution in [0.1, 0.15) is 30.7 Å². The van der Waals surface area contributed by atoms with Gasteiger partial charge in [-0.2, -0.15) is 0 Å². The smallest absolute Gasteiger partial charge is 0.165 e. The maximum absolute atomic E-state index is 13.4. The van der Waals surface area contributed by atoms with E-state index in [0.29, 0.717) is 0 Å². The summed E-state index contributed by atoms with van der Waals surface area (Å²) in [5.41, 5.74) is 0.873. The molecule has 82 valence electrons. The summed E-state index contributed by atoms with van der Waals surface area (Å²) in [7, 11) is 1.45. The van der Waals surface area contributed by atoms with Crippen LogP contribution < -0.4 is 4.74 Å². The van der Waals surface area contributed by atoms with E-state index in [1.54, 1.807) is 6.07 Å². The van der Waals surface area contributed by atoms with E-state index >= 15 is 0 Å². The molecule has 0 heterocycles. The number of aliphatic hydroxyl groups is 1. The van der Waals surface area contributed by atoms with Crippen LogP contribution in [0, 0.1) is 5.82 Å². The van der Waals surface area contributed by atoms with Gasteiger partial charge < -0.3 is 9.84 Å². The minimum Gasteiger partial charge on any atom is -0.494 e. The highest BCUT2D eigenvalue weighted by atomic mass is 19.1. The van der Waals surface area contributed by atoms with E-state index in [-0.39, 0.29) is 23.6 Å². The van der Waals surface area contributed by atoms with Gasteiger partial charge in [0.1, 0.15) is 0 Å². The van der Waals surface area contributed by atoms with Gasteiger partial charge in [0.05, 0.1) is 13.2 Å². The van der Waals surface area contributed by atoms with Crippen LogP contribution in [0.3, 0.4) is 0 Å². The van der Waals surface area contributed by atoms with E-state index in [1.165, 1.54) is 13.2 Å². The molecule has 0 unspecified atom stereocenters. The van der Waals surface area contributed by atoms with Gasteiger partial charge in [-0.25, -0.2) is 4.39 Å². The first-order chi connectivity index (χ1) is 7.22. The average Bonchev–Trinajstić information content (AvgIpc) is 2.64. The molecular formula is C12H15FO2. The molecule has 1 saturated carbocycles. The third-order valence-electron chi connectivity index (χ3n) is 3.08. The molecule has 1 fully saturated rings. The fourth-order valence-electron chi connectivity index (χ4n) is 2.24. The van der Waals surface area contributed by atoms with Crippen molar-refractivity contribution in [1.29, 1.82) is 0 Å². The van der Waals surface area contributed by atoms with Crippen molar-refractivity contribution in [2.75, 3.05) is 7.11 Å². The summed E-state index contributed by atoms with van der Waals surface area (Å²) < 4.78 is 18.3. The predicted molar refractivity (Wildman–Crippen MR) is 55.6 cm³/mol. The maximum Gasteiger partial charge on any atom is 0.165 e. The molecule has 0 amide bonds. The first kappa shape index (κ1) is 10.4. The molecule has 2 atom stereocenters. The Hall–Kier alpha value is -1.09. The normalized spacial score (nSPS) is 25.5. The molecule has 0 saturated heterocycles. The molecule has 1 aliphatic carbocycles. The first-order valence-corrected chi connectivity index (χ1v) is 5.24. The van der Waals surface area contributed by atoms with E-state index < -0.39 is 0 Å². The number of benzene rings is 1. The number of aliphatic hydroxyl groups excluding tert-OH is 1. The number of halogens is 1. The minimum atomic E-state index is -0.353. The summed E-state index contributed by atoms with van der Waals surface area (Å²) in [5, 5.41) is 9.71. The lowest BCUT2D eigenvalue weighted by Crippen LogP contribution is -2.11. The van der Waals surface area contributed by atoms with Crippen LogP contribution in [0.5, 0.6) is 5.75 Å². The lowest BCUT2D eigenvalue weighted by molar-refractivity contribution is 0.163. The Morgan fingerprint density at radius 2 is 2.20 bits per heavy atom. The van der Waals surface area contributed by atoms with E-state index in [9.17, 15) is 9.50 Å². The van der Waals surface area contributed by atoms with Crippen LogP contribution in [0.15, 0.2) is 18.2 Å². The summed E-state index contributed by atoms with van der Waals surface area (Å²) in [5.74, 6) is -0.00857. The molecule has 1 aliphatic rings. The molecule has 2 nitrogen and oxygen atoms in total. The van der Waals surface area contributed by atoms with Gasteiger partial charge in [0.15, 0.2) is 11.6 Å². The number of hydrogen-bond acceptors (Lipinski definition) is 2. The SMILES string of the molecule is COc1ccc([C@H]2CCC[C@@H]2O)cc1F. The summed E-state index contributed by atoms with van der Waals surface area (Å²) in [6.45, 7) is 0. The van der Waals surface area contributed by atoms with Crippen LogP contribution in [0.4, 0.5) is 4.39 Å². The number of ether oxygens (including phenoxy) is 1. The largest absolute Gasteiger partial charge is 0.494 e. The molecule has 3 heteroatoms. The van der Waals surface area contributed by atoms with Gasteiger partial charge in [-0.3, -0.25) is 0 Å². The van der Waals surface area contributed by atoms with Crippen molar-refractivity contribution in [2.45, 2.75) is 31.3 Å². The Morgan fingerprint density at radius 1 is 1.40 bits per heavy atom. The number of rotatable bonds is 2. The monoisotopic (exact) mass is 210 g/mol.